The van der Waals surface area contributed by atoms with Crippen molar-refractivity contribution in [3.05, 3.63) is 102 Å². The molecule has 0 aliphatic heterocycles. The highest BCUT2D eigenvalue weighted by Crippen LogP contribution is 2.27. The molecule has 0 atom stereocenters. The minimum atomic E-state index is -0.337. The van der Waals surface area contributed by atoms with Crippen LogP contribution in [0.4, 0.5) is 4.39 Å². The van der Waals surface area contributed by atoms with Crippen molar-refractivity contribution in [3.8, 4) is 16.9 Å². The van der Waals surface area contributed by atoms with Gasteiger partial charge in [-0.3, -0.25) is 4.79 Å². The standard InChI is InChI=1S/C21H14FN3O/c22-17-11-13-18(14-12-17)25-20(15-7-3-1-4-8-15)19(23-24-25)21(26)16-9-5-2-6-10-16/h1-14H. The first-order valence-electron chi connectivity index (χ1n) is 8.11. The average molecular weight is 343 g/mol. The van der Waals surface area contributed by atoms with Gasteiger partial charge in [0.25, 0.3) is 0 Å². The topological polar surface area (TPSA) is 47.8 Å². The Hall–Kier alpha value is -3.60. The van der Waals surface area contributed by atoms with Gasteiger partial charge in [0.1, 0.15) is 11.5 Å². The number of benzene rings is 3. The molecule has 1 aromatic heterocycles. The Kier molecular flexibility index (Phi) is 4.11. The molecule has 0 bridgehead atoms. The molecule has 0 saturated heterocycles. The highest BCUT2D eigenvalue weighted by Gasteiger charge is 2.23. The average Bonchev–Trinajstić information content (AvgIpc) is 3.14. The highest BCUT2D eigenvalue weighted by molar-refractivity contribution is 6.11. The number of aromatic nitrogens is 3. The summed E-state index contributed by atoms with van der Waals surface area (Å²) >= 11 is 0. The van der Waals surface area contributed by atoms with Gasteiger partial charge in [-0.2, -0.15) is 0 Å². The van der Waals surface area contributed by atoms with Crippen molar-refractivity contribution in [2.24, 2.45) is 0 Å². The molecule has 0 aliphatic rings. The molecular formula is C21H14FN3O. The van der Waals surface area contributed by atoms with Crippen LogP contribution in [0.25, 0.3) is 16.9 Å². The molecular weight excluding hydrogens is 329 g/mol. The third-order valence-corrected chi connectivity index (χ3v) is 4.04. The lowest BCUT2D eigenvalue weighted by Gasteiger charge is -2.08. The molecule has 0 amide bonds. The van der Waals surface area contributed by atoms with Crippen LogP contribution in [0.2, 0.25) is 0 Å². The van der Waals surface area contributed by atoms with Gasteiger partial charge in [-0.05, 0) is 24.3 Å². The van der Waals surface area contributed by atoms with Crippen LogP contribution in [-0.2, 0) is 0 Å². The van der Waals surface area contributed by atoms with Gasteiger partial charge in [-0.25, -0.2) is 9.07 Å². The van der Waals surface area contributed by atoms with E-state index in [0.717, 1.165) is 5.56 Å². The lowest BCUT2D eigenvalue weighted by Crippen LogP contribution is -2.05. The van der Waals surface area contributed by atoms with E-state index in [-0.39, 0.29) is 17.3 Å². The predicted molar refractivity (Wildman–Crippen MR) is 96.6 cm³/mol. The molecule has 0 spiro atoms. The number of hydrogen-bond acceptors (Lipinski definition) is 3. The minimum Gasteiger partial charge on any atom is -0.287 e. The van der Waals surface area contributed by atoms with Crippen molar-refractivity contribution >= 4 is 5.78 Å². The molecule has 3 aromatic carbocycles. The third-order valence-electron chi connectivity index (χ3n) is 4.04. The van der Waals surface area contributed by atoms with Crippen LogP contribution in [0.5, 0.6) is 0 Å². The van der Waals surface area contributed by atoms with Crippen molar-refractivity contribution in [1.82, 2.24) is 15.0 Å². The first-order valence-corrected chi connectivity index (χ1v) is 8.11. The minimum absolute atomic E-state index is 0.210. The first-order chi connectivity index (χ1) is 12.7. The van der Waals surface area contributed by atoms with Crippen molar-refractivity contribution < 1.29 is 9.18 Å². The highest BCUT2D eigenvalue weighted by atomic mass is 19.1. The van der Waals surface area contributed by atoms with Gasteiger partial charge in [0.2, 0.25) is 5.78 Å². The quantitative estimate of drug-likeness (QED) is 0.519. The lowest BCUT2D eigenvalue weighted by molar-refractivity contribution is 0.103. The van der Waals surface area contributed by atoms with Crippen molar-refractivity contribution in [1.29, 1.82) is 0 Å². The van der Waals surface area contributed by atoms with Crippen LogP contribution in [0.3, 0.4) is 0 Å². The Morgan fingerprint density at radius 1 is 0.808 bits per heavy atom. The number of hydrogen-bond donors (Lipinski definition) is 0. The largest absolute Gasteiger partial charge is 0.287 e. The molecule has 1 heterocycles. The predicted octanol–water partition coefficient (Wildman–Crippen LogP) is 4.30. The Labute approximate surface area is 149 Å². The zero-order valence-electron chi connectivity index (χ0n) is 13.7. The molecule has 0 unspecified atom stereocenters. The molecule has 0 N–H and O–H groups in total. The van der Waals surface area contributed by atoms with Crippen LogP contribution < -0.4 is 0 Å². The van der Waals surface area contributed by atoms with E-state index >= 15 is 0 Å². The SMILES string of the molecule is O=C(c1ccccc1)c1nnn(-c2ccc(F)cc2)c1-c1ccccc1. The molecule has 4 aromatic rings. The summed E-state index contributed by atoms with van der Waals surface area (Å²) in [5.74, 6) is -0.548. The Bertz CT molecular complexity index is 1040. The van der Waals surface area contributed by atoms with Crippen molar-refractivity contribution in [3.63, 3.8) is 0 Å². The zero-order valence-corrected chi connectivity index (χ0v) is 13.7. The normalized spacial score (nSPS) is 10.7. The van der Waals surface area contributed by atoms with Crippen LogP contribution in [0, 0.1) is 5.82 Å². The van der Waals surface area contributed by atoms with Crippen molar-refractivity contribution in [2.75, 3.05) is 0 Å². The van der Waals surface area contributed by atoms with E-state index in [1.54, 1.807) is 41.1 Å². The number of carbonyl (C=O) groups is 1. The van der Waals surface area contributed by atoms with Crippen molar-refractivity contribution in [2.45, 2.75) is 0 Å². The fourth-order valence-corrected chi connectivity index (χ4v) is 2.78. The van der Waals surface area contributed by atoms with E-state index in [4.69, 9.17) is 0 Å². The van der Waals surface area contributed by atoms with Gasteiger partial charge in [0.15, 0.2) is 5.69 Å². The molecule has 0 aliphatic carbocycles. The fraction of sp³-hybridized carbons (Fsp3) is 0. The molecule has 5 heteroatoms. The van der Waals surface area contributed by atoms with E-state index < -0.39 is 0 Å². The Balaban J connectivity index is 1.90. The molecule has 0 fully saturated rings. The van der Waals surface area contributed by atoms with Gasteiger partial charge in [-0.1, -0.05) is 65.9 Å². The van der Waals surface area contributed by atoms with E-state index in [1.807, 2.05) is 36.4 Å². The van der Waals surface area contributed by atoms with E-state index in [0.29, 0.717) is 16.9 Å². The van der Waals surface area contributed by atoms with Gasteiger partial charge >= 0.3 is 0 Å². The number of carbonyl (C=O) groups excluding carboxylic acids is 1. The third kappa shape index (κ3) is 2.91. The summed E-state index contributed by atoms with van der Waals surface area (Å²) in [5.41, 5.74) is 2.81. The van der Waals surface area contributed by atoms with Gasteiger partial charge in [-0.15, -0.1) is 5.10 Å². The van der Waals surface area contributed by atoms with Gasteiger partial charge < -0.3 is 0 Å². The monoisotopic (exact) mass is 343 g/mol. The Morgan fingerprint density at radius 2 is 1.42 bits per heavy atom. The van der Waals surface area contributed by atoms with Crippen LogP contribution >= 0.6 is 0 Å². The maximum Gasteiger partial charge on any atom is 0.215 e. The zero-order chi connectivity index (χ0) is 17.9. The molecule has 26 heavy (non-hydrogen) atoms. The summed E-state index contributed by atoms with van der Waals surface area (Å²) in [6.07, 6.45) is 0. The number of rotatable bonds is 4. The second kappa shape index (κ2) is 6.72. The molecule has 0 saturated carbocycles. The maximum absolute atomic E-state index is 13.3. The number of nitrogens with zero attached hydrogens (tertiary/aromatic N) is 3. The van der Waals surface area contributed by atoms with Crippen LogP contribution in [-0.4, -0.2) is 20.8 Å². The summed E-state index contributed by atoms with van der Waals surface area (Å²) in [5, 5.41) is 8.30. The summed E-state index contributed by atoms with van der Waals surface area (Å²) in [4.78, 5) is 13.0. The lowest BCUT2D eigenvalue weighted by atomic mass is 10.0. The smallest absolute Gasteiger partial charge is 0.215 e. The van der Waals surface area contributed by atoms with Gasteiger partial charge in [0.05, 0.1) is 5.69 Å². The summed E-state index contributed by atoms with van der Waals surface area (Å²) < 4.78 is 14.8. The van der Waals surface area contributed by atoms with E-state index in [2.05, 4.69) is 10.3 Å². The summed E-state index contributed by atoms with van der Waals surface area (Å²) in [6, 6.07) is 24.3. The summed E-state index contributed by atoms with van der Waals surface area (Å²) in [6.45, 7) is 0. The second-order valence-electron chi connectivity index (χ2n) is 5.74. The fourth-order valence-electron chi connectivity index (χ4n) is 2.78. The second-order valence-corrected chi connectivity index (χ2v) is 5.74. The van der Waals surface area contributed by atoms with E-state index in [1.165, 1.54) is 12.1 Å². The van der Waals surface area contributed by atoms with Gasteiger partial charge in [0, 0.05) is 11.1 Å². The van der Waals surface area contributed by atoms with Crippen LogP contribution in [0.1, 0.15) is 16.1 Å². The molecule has 4 rings (SSSR count). The first kappa shape index (κ1) is 15.9. The van der Waals surface area contributed by atoms with Crippen LogP contribution in [0.15, 0.2) is 84.9 Å². The molecule has 126 valence electrons. The molecule has 4 nitrogen and oxygen atoms in total. The maximum atomic E-state index is 13.3. The number of ketones is 1. The van der Waals surface area contributed by atoms with E-state index in [9.17, 15) is 9.18 Å². The molecule has 0 radical (unpaired) electrons. The summed E-state index contributed by atoms with van der Waals surface area (Å²) in [7, 11) is 0. The Morgan fingerprint density at radius 3 is 2.08 bits per heavy atom. The number of halogens is 1.